The SMILES string of the molecule is COC1=N[C@@H](Cc2cc(OC=O)c(OCc3ccccc3)cc2F)C(OC)=NC1C(C)(C)C. The van der Waals surface area contributed by atoms with Crippen LogP contribution in [0.2, 0.25) is 0 Å². The van der Waals surface area contributed by atoms with Crippen molar-refractivity contribution in [1.29, 1.82) is 0 Å². The van der Waals surface area contributed by atoms with E-state index in [2.05, 4.69) is 9.98 Å². The van der Waals surface area contributed by atoms with Gasteiger partial charge in [-0.05, 0) is 22.6 Å². The molecule has 1 aliphatic rings. The summed E-state index contributed by atoms with van der Waals surface area (Å²) in [6, 6.07) is 11.2. The Morgan fingerprint density at radius 3 is 2.30 bits per heavy atom. The summed E-state index contributed by atoms with van der Waals surface area (Å²) in [4.78, 5) is 20.4. The van der Waals surface area contributed by atoms with Crippen LogP contribution in [0.15, 0.2) is 52.4 Å². The number of rotatable bonds is 7. The monoisotopic (exact) mass is 456 g/mol. The van der Waals surface area contributed by atoms with Crippen molar-refractivity contribution >= 4 is 18.3 Å². The van der Waals surface area contributed by atoms with Crippen LogP contribution < -0.4 is 9.47 Å². The molecule has 33 heavy (non-hydrogen) atoms. The van der Waals surface area contributed by atoms with E-state index in [0.717, 1.165) is 5.56 Å². The van der Waals surface area contributed by atoms with Crippen molar-refractivity contribution < 1.29 is 28.1 Å². The Labute approximate surface area is 193 Å². The number of carbonyl (C=O) groups excluding carboxylic acids is 1. The molecule has 0 saturated carbocycles. The van der Waals surface area contributed by atoms with Gasteiger partial charge >= 0.3 is 0 Å². The Bertz CT molecular complexity index is 1030. The third kappa shape index (κ3) is 5.88. The van der Waals surface area contributed by atoms with E-state index in [1.807, 2.05) is 51.1 Å². The molecule has 176 valence electrons. The lowest BCUT2D eigenvalue weighted by Crippen LogP contribution is -2.42. The smallest absolute Gasteiger partial charge is 0.298 e. The van der Waals surface area contributed by atoms with E-state index in [9.17, 15) is 4.79 Å². The lowest BCUT2D eigenvalue weighted by atomic mass is 9.86. The van der Waals surface area contributed by atoms with Gasteiger partial charge < -0.3 is 18.9 Å². The molecule has 2 atom stereocenters. The first-order chi connectivity index (χ1) is 15.8. The van der Waals surface area contributed by atoms with Gasteiger partial charge in [0.15, 0.2) is 11.5 Å². The number of benzene rings is 2. The summed E-state index contributed by atoms with van der Waals surface area (Å²) in [6.07, 6.45) is 0.135. The highest BCUT2D eigenvalue weighted by Gasteiger charge is 2.37. The minimum absolute atomic E-state index is 0.118. The van der Waals surface area contributed by atoms with Gasteiger partial charge in [-0.2, -0.15) is 0 Å². The molecule has 0 bridgehead atoms. The van der Waals surface area contributed by atoms with Crippen LogP contribution in [-0.2, 0) is 27.3 Å². The van der Waals surface area contributed by atoms with Crippen molar-refractivity contribution in [1.82, 2.24) is 0 Å². The molecule has 0 fully saturated rings. The zero-order valence-corrected chi connectivity index (χ0v) is 19.5. The summed E-state index contributed by atoms with van der Waals surface area (Å²) in [5.74, 6) is 0.579. The van der Waals surface area contributed by atoms with E-state index in [1.165, 1.54) is 26.4 Å². The highest BCUT2D eigenvalue weighted by atomic mass is 19.1. The molecule has 2 aromatic carbocycles. The Kier molecular flexibility index (Phi) is 7.68. The van der Waals surface area contributed by atoms with Gasteiger partial charge in [-0.1, -0.05) is 51.1 Å². The maximum atomic E-state index is 15.0. The normalized spacial score (nSPS) is 18.1. The highest BCUT2D eigenvalue weighted by Crippen LogP contribution is 2.33. The minimum Gasteiger partial charge on any atom is -0.485 e. The molecule has 0 amide bonds. The van der Waals surface area contributed by atoms with E-state index in [1.54, 1.807) is 0 Å². The van der Waals surface area contributed by atoms with E-state index in [-0.39, 0.29) is 48.0 Å². The molecule has 2 aromatic rings. The molecular weight excluding hydrogens is 427 g/mol. The summed E-state index contributed by atoms with van der Waals surface area (Å²) >= 11 is 0. The second-order valence-corrected chi connectivity index (χ2v) is 8.71. The third-order valence-corrected chi connectivity index (χ3v) is 5.24. The molecule has 0 spiro atoms. The first kappa shape index (κ1) is 24.2. The average molecular weight is 457 g/mol. The second-order valence-electron chi connectivity index (χ2n) is 8.71. The fourth-order valence-electron chi connectivity index (χ4n) is 3.53. The molecule has 0 aliphatic carbocycles. The molecule has 0 saturated heterocycles. The Morgan fingerprint density at radius 1 is 1.00 bits per heavy atom. The van der Waals surface area contributed by atoms with Crippen LogP contribution in [0.5, 0.6) is 11.5 Å². The summed E-state index contributed by atoms with van der Waals surface area (Å²) < 4.78 is 36.8. The van der Waals surface area contributed by atoms with Gasteiger partial charge in [0.25, 0.3) is 6.47 Å². The first-order valence-corrected chi connectivity index (χ1v) is 10.6. The van der Waals surface area contributed by atoms with Crippen molar-refractivity contribution in [3.8, 4) is 11.5 Å². The van der Waals surface area contributed by atoms with Crippen LogP contribution in [0.1, 0.15) is 31.9 Å². The van der Waals surface area contributed by atoms with Crippen LogP contribution in [0, 0.1) is 11.2 Å². The summed E-state index contributed by atoms with van der Waals surface area (Å²) in [7, 11) is 3.05. The molecule has 1 aliphatic heterocycles. The fraction of sp³-hybridized carbons (Fsp3) is 0.400. The maximum absolute atomic E-state index is 15.0. The van der Waals surface area contributed by atoms with E-state index in [0.29, 0.717) is 11.8 Å². The highest BCUT2D eigenvalue weighted by molar-refractivity contribution is 5.94. The van der Waals surface area contributed by atoms with Crippen LogP contribution in [0.4, 0.5) is 4.39 Å². The number of hydrogen-bond donors (Lipinski definition) is 0. The summed E-state index contributed by atoms with van der Waals surface area (Å²) in [5.41, 5.74) is 0.941. The number of carbonyl (C=O) groups is 1. The van der Waals surface area contributed by atoms with Crippen LogP contribution in [0.25, 0.3) is 0 Å². The average Bonchev–Trinajstić information content (AvgIpc) is 2.79. The zero-order chi connectivity index (χ0) is 24.0. The van der Waals surface area contributed by atoms with Gasteiger partial charge in [0, 0.05) is 12.5 Å². The largest absolute Gasteiger partial charge is 0.485 e. The van der Waals surface area contributed by atoms with Gasteiger partial charge in [0.2, 0.25) is 11.8 Å². The summed E-state index contributed by atoms with van der Waals surface area (Å²) in [5, 5.41) is 0. The maximum Gasteiger partial charge on any atom is 0.298 e. The number of halogens is 1. The van der Waals surface area contributed by atoms with Gasteiger partial charge in [-0.25, -0.2) is 14.4 Å². The van der Waals surface area contributed by atoms with E-state index in [4.69, 9.17) is 18.9 Å². The van der Waals surface area contributed by atoms with Gasteiger partial charge in [0.05, 0.1) is 14.2 Å². The molecule has 7 nitrogen and oxygen atoms in total. The predicted molar refractivity (Wildman–Crippen MR) is 123 cm³/mol. The Hall–Kier alpha value is -3.42. The number of aliphatic imine (C=N–C) groups is 2. The van der Waals surface area contributed by atoms with Crippen molar-refractivity contribution in [2.75, 3.05) is 14.2 Å². The molecule has 8 heteroatoms. The molecule has 0 radical (unpaired) electrons. The topological polar surface area (TPSA) is 78.7 Å². The zero-order valence-electron chi connectivity index (χ0n) is 19.5. The molecule has 3 rings (SSSR count). The molecule has 1 heterocycles. The Morgan fingerprint density at radius 2 is 1.70 bits per heavy atom. The quantitative estimate of drug-likeness (QED) is 0.578. The van der Waals surface area contributed by atoms with E-state index >= 15 is 4.39 Å². The lowest BCUT2D eigenvalue weighted by Gasteiger charge is -2.32. The molecule has 0 N–H and O–H groups in total. The van der Waals surface area contributed by atoms with Gasteiger partial charge in [0.1, 0.15) is 24.5 Å². The minimum atomic E-state index is -0.585. The molecule has 0 aromatic heterocycles. The van der Waals surface area contributed by atoms with Crippen LogP contribution >= 0.6 is 0 Å². The number of nitrogens with zero attached hydrogens (tertiary/aromatic N) is 2. The Balaban J connectivity index is 1.87. The number of ether oxygens (including phenoxy) is 4. The van der Waals surface area contributed by atoms with Crippen molar-refractivity contribution in [2.24, 2.45) is 15.4 Å². The van der Waals surface area contributed by atoms with E-state index < -0.39 is 11.9 Å². The van der Waals surface area contributed by atoms with Gasteiger partial charge in [-0.3, -0.25) is 4.79 Å². The van der Waals surface area contributed by atoms with Crippen molar-refractivity contribution in [3.05, 3.63) is 59.4 Å². The second kappa shape index (κ2) is 10.5. The predicted octanol–water partition coefficient (Wildman–Crippen LogP) is 4.37. The molecule has 1 unspecified atom stereocenters. The first-order valence-electron chi connectivity index (χ1n) is 10.6. The number of hydrogen-bond acceptors (Lipinski definition) is 7. The summed E-state index contributed by atoms with van der Waals surface area (Å²) in [6.45, 7) is 6.57. The van der Waals surface area contributed by atoms with Crippen molar-refractivity contribution in [3.63, 3.8) is 0 Å². The number of methoxy groups -OCH3 is 2. The van der Waals surface area contributed by atoms with Crippen LogP contribution in [0.3, 0.4) is 0 Å². The third-order valence-electron chi connectivity index (χ3n) is 5.24. The van der Waals surface area contributed by atoms with Gasteiger partial charge in [-0.15, -0.1) is 0 Å². The fourth-order valence-corrected chi connectivity index (χ4v) is 3.53. The standard InChI is InChI=1S/C25H29FN2O5/c1-25(2,3)22-24(31-5)27-19(23(28-22)30-4)11-17-12-20(33-15-29)21(13-18(17)26)32-14-16-9-7-6-8-10-16/h6-10,12-13,15,19,22H,11,14H2,1-5H3/t19-,22?/m0/s1. The molecular formula is C25H29FN2O5. The lowest BCUT2D eigenvalue weighted by molar-refractivity contribution is -0.120. The van der Waals surface area contributed by atoms with Crippen molar-refractivity contribution in [2.45, 2.75) is 45.9 Å². The van der Waals surface area contributed by atoms with Crippen LogP contribution in [-0.4, -0.2) is 44.6 Å².